The van der Waals surface area contributed by atoms with Crippen LogP contribution in [-0.2, 0) is 0 Å². The van der Waals surface area contributed by atoms with Crippen LogP contribution in [0.25, 0.3) is 0 Å². The Kier molecular flexibility index (Phi) is 3.88. The maximum absolute atomic E-state index is 4.19. The minimum atomic E-state index is -2.28. The summed E-state index contributed by atoms with van der Waals surface area (Å²) in [6, 6.07) is 1.70. The number of rotatable bonds is 0. The zero-order valence-electron chi connectivity index (χ0n) is 12.0. The monoisotopic (exact) mass is 406 g/mol. The normalized spacial score (nSPS) is 52.1. The fourth-order valence-corrected chi connectivity index (χ4v) is 37.4. The first kappa shape index (κ1) is 14.0. The zero-order valence-corrected chi connectivity index (χ0v) is 16.5. The van der Waals surface area contributed by atoms with Gasteiger partial charge in [-0.3, -0.25) is 0 Å². The molecule has 2 saturated heterocycles. The molecule has 2 nitrogen and oxygen atoms in total. The van der Waals surface area contributed by atoms with Gasteiger partial charge in [-0.2, -0.15) is 0 Å². The molecule has 19 heavy (non-hydrogen) atoms. The van der Waals surface area contributed by atoms with Crippen molar-refractivity contribution in [1.29, 1.82) is 0 Å². The zero-order chi connectivity index (χ0) is 13.0. The van der Waals surface area contributed by atoms with Crippen LogP contribution >= 0.6 is 17.9 Å². The molecule has 2 aliphatic carbocycles. The summed E-state index contributed by atoms with van der Waals surface area (Å²) < 4.78 is 8.39. The van der Waals surface area contributed by atoms with Crippen molar-refractivity contribution >= 4 is 34.0 Å². The van der Waals surface area contributed by atoms with E-state index in [2.05, 4.69) is 38.8 Å². The molecular weight excluding hydrogens is 379 g/mol. The molecule has 2 N–H and O–H groups in total. The Bertz CT molecular complexity index is 333. The van der Waals surface area contributed by atoms with E-state index in [0.29, 0.717) is 0 Å². The van der Waals surface area contributed by atoms with Crippen molar-refractivity contribution in [3.63, 3.8) is 0 Å². The summed E-state index contributed by atoms with van der Waals surface area (Å²) in [5, 5.41) is 1.90. The van der Waals surface area contributed by atoms with Gasteiger partial charge in [-0.15, -0.1) is 0 Å². The standard InChI is InChI=1S/2C7H14NS.Sn/c2*1-5-2-3-7(9)6(8)4-5;/h2*5-9H,2-4H2,1H3;/q2*-1;+4/p-2/t2*5-,6-,7+;/m11./s1. The summed E-state index contributed by atoms with van der Waals surface area (Å²) in [5.41, 5.74) is 0. The van der Waals surface area contributed by atoms with Gasteiger partial charge in [-0.25, -0.2) is 0 Å². The van der Waals surface area contributed by atoms with Gasteiger partial charge in [0.25, 0.3) is 0 Å². The molecule has 0 aromatic carbocycles. The third-order valence-corrected chi connectivity index (χ3v) is 30.1. The number of nitrogens with one attached hydrogen (secondary N) is 2. The number of fused-ring (bicyclic) bond motifs is 2. The Morgan fingerprint density at radius 1 is 0.789 bits per heavy atom. The summed E-state index contributed by atoms with van der Waals surface area (Å²) in [6.45, 7) is 4.89. The molecule has 0 radical (unpaired) electrons. The molecule has 2 heterocycles. The van der Waals surface area contributed by atoms with E-state index in [0.717, 1.165) is 34.4 Å². The summed E-state index contributed by atoms with van der Waals surface area (Å²) in [5.74, 6) is 1.90. The Morgan fingerprint density at radius 3 is 1.74 bits per heavy atom. The Balaban J connectivity index is 1.48. The predicted octanol–water partition coefficient (Wildman–Crippen LogP) is 3.21. The van der Waals surface area contributed by atoms with Gasteiger partial charge in [0, 0.05) is 0 Å². The van der Waals surface area contributed by atoms with Gasteiger partial charge in [-0.05, 0) is 0 Å². The van der Waals surface area contributed by atoms with E-state index in [4.69, 9.17) is 0 Å². The van der Waals surface area contributed by atoms with Crippen LogP contribution < -0.4 is 7.08 Å². The van der Waals surface area contributed by atoms with Gasteiger partial charge in [0.1, 0.15) is 0 Å². The summed E-state index contributed by atoms with van der Waals surface area (Å²) >= 11 is -2.28. The van der Waals surface area contributed by atoms with Crippen LogP contribution in [-0.4, -0.2) is 38.7 Å². The van der Waals surface area contributed by atoms with Crippen LogP contribution in [0.2, 0.25) is 0 Å². The van der Waals surface area contributed by atoms with Crippen molar-refractivity contribution in [2.75, 3.05) is 0 Å². The number of hydrogen-bond acceptors (Lipinski definition) is 4. The van der Waals surface area contributed by atoms with Gasteiger partial charge in [-0.1, -0.05) is 0 Å². The van der Waals surface area contributed by atoms with Crippen molar-refractivity contribution in [1.82, 2.24) is 7.08 Å². The van der Waals surface area contributed by atoms with Crippen LogP contribution in [0.3, 0.4) is 0 Å². The second-order valence-electron chi connectivity index (χ2n) is 7.27. The third-order valence-electron chi connectivity index (χ3n) is 5.48. The van der Waals surface area contributed by atoms with E-state index in [-0.39, 0.29) is 0 Å². The molecule has 1 spiro atoms. The van der Waals surface area contributed by atoms with Crippen molar-refractivity contribution < 1.29 is 0 Å². The molecule has 2 aliphatic heterocycles. The molecule has 4 rings (SSSR count). The second kappa shape index (κ2) is 5.25. The van der Waals surface area contributed by atoms with Crippen molar-refractivity contribution in [3.05, 3.63) is 0 Å². The average molecular weight is 405 g/mol. The maximum atomic E-state index is 4.19. The molecule has 4 fully saturated rings. The van der Waals surface area contributed by atoms with Crippen LogP contribution in [0.1, 0.15) is 52.4 Å². The quantitative estimate of drug-likeness (QED) is 0.605. The molecule has 0 unspecified atom stereocenters. The Morgan fingerprint density at radius 2 is 1.26 bits per heavy atom. The molecule has 0 aromatic heterocycles. The molecule has 0 aromatic rings. The summed E-state index contributed by atoms with van der Waals surface area (Å²) in [4.78, 5) is 0. The van der Waals surface area contributed by atoms with Gasteiger partial charge in [0.2, 0.25) is 0 Å². The molecular formula is C14H26N2S2Sn. The van der Waals surface area contributed by atoms with E-state index >= 15 is 0 Å². The molecule has 0 amide bonds. The van der Waals surface area contributed by atoms with Crippen LogP contribution in [0.5, 0.6) is 0 Å². The predicted molar refractivity (Wildman–Crippen MR) is 88.4 cm³/mol. The van der Waals surface area contributed by atoms with Crippen LogP contribution in [0, 0.1) is 11.8 Å². The van der Waals surface area contributed by atoms with E-state index < -0.39 is 16.2 Å². The molecule has 2 saturated carbocycles. The van der Waals surface area contributed by atoms with E-state index in [9.17, 15) is 0 Å². The fourth-order valence-electron chi connectivity index (χ4n) is 4.41. The second-order valence-corrected chi connectivity index (χ2v) is 28.1. The average Bonchev–Trinajstić information content (AvgIpc) is 2.87. The van der Waals surface area contributed by atoms with Crippen LogP contribution in [0.15, 0.2) is 0 Å². The number of hydrogen-bond donors (Lipinski definition) is 2. The van der Waals surface area contributed by atoms with Gasteiger partial charge in [0.05, 0.1) is 0 Å². The van der Waals surface area contributed by atoms with Crippen LogP contribution in [0.4, 0.5) is 0 Å². The van der Waals surface area contributed by atoms with Crippen molar-refractivity contribution in [3.8, 4) is 0 Å². The first-order valence-electron chi connectivity index (χ1n) is 8.04. The first-order valence-corrected chi connectivity index (χ1v) is 19.6. The Hall–Kier alpha value is 1.42. The SMILES string of the molecule is C[C@@H]1CC[C@@H]2[S][Sn]3([NH][C@@H]2C1)[NH][C@@H]1C[C@H](C)CC[C@@H]1[S]3. The van der Waals surface area contributed by atoms with E-state index in [1.807, 2.05) is 0 Å². The molecule has 0 bridgehead atoms. The van der Waals surface area contributed by atoms with Gasteiger partial charge in [0.15, 0.2) is 0 Å². The third kappa shape index (κ3) is 2.62. The fraction of sp³-hybridized carbons (Fsp3) is 1.00. The minimum absolute atomic E-state index is 0.849. The Labute approximate surface area is 127 Å². The van der Waals surface area contributed by atoms with Crippen molar-refractivity contribution in [2.24, 2.45) is 11.8 Å². The topological polar surface area (TPSA) is 24.1 Å². The van der Waals surface area contributed by atoms with Gasteiger partial charge < -0.3 is 0 Å². The van der Waals surface area contributed by atoms with E-state index in [1.54, 1.807) is 0 Å². The first-order chi connectivity index (χ1) is 9.13. The molecule has 5 heteroatoms. The summed E-state index contributed by atoms with van der Waals surface area (Å²) in [7, 11) is 4.85. The van der Waals surface area contributed by atoms with Gasteiger partial charge >= 0.3 is 128 Å². The van der Waals surface area contributed by atoms with Crippen molar-refractivity contribution in [2.45, 2.75) is 75.0 Å². The molecule has 4 aliphatic rings. The van der Waals surface area contributed by atoms with E-state index in [1.165, 1.54) is 38.5 Å². The molecule has 6 atom stereocenters. The molecule has 108 valence electrons. The summed E-state index contributed by atoms with van der Waals surface area (Å²) in [6.07, 6.45) is 8.74.